The van der Waals surface area contributed by atoms with Crippen molar-refractivity contribution in [2.24, 2.45) is 7.05 Å². The summed E-state index contributed by atoms with van der Waals surface area (Å²) in [6, 6.07) is 3.71. The van der Waals surface area contributed by atoms with Gasteiger partial charge in [-0.2, -0.15) is 23.4 Å². The molecule has 0 amide bonds. The van der Waals surface area contributed by atoms with Gasteiger partial charge in [0.1, 0.15) is 12.1 Å². The van der Waals surface area contributed by atoms with E-state index in [0.29, 0.717) is 5.69 Å². The van der Waals surface area contributed by atoms with Crippen LogP contribution in [-0.4, -0.2) is 34.5 Å². The summed E-state index contributed by atoms with van der Waals surface area (Å²) in [5.74, 6) is -0.0377. The number of rotatable bonds is 1. The Hall–Kier alpha value is -3.63. The third-order valence-electron chi connectivity index (χ3n) is 4.85. The fourth-order valence-electron chi connectivity index (χ4n) is 3.74. The summed E-state index contributed by atoms with van der Waals surface area (Å²) in [6.45, 7) is 1.86. The molecule has 1 aromatic carbocycles. The topological polar surface area (TPSA) is 103 Å². The fraction of sp³-hybridized carbons (Fsp3) is 0.176. The van der Waals surface area contributed by atoms with Gasteiger partial charge in [-0.25, -0.2) is 9.97 Å². The zero-order valence-corrected chi connectivity index (χ0v) is 14.7. The molecule has 11 heteroatoms. The number of aryl methyl sites for hydroxylation is 2. The molecule has 142 valence electrons. The van der Waals surface area contributed by atoms with Crippen LogP contribution >= 0.6 is 0 Å². The number of nitrogen functional groups attached to an aromatic ring is 1. The van der Waals surface area contributed by atoms with Crippen molar-refractivity contribution >= 4 is 38.8 Å². The summed E-state index contributed by atoms with van der Waals surface area (Å²) in [7, 11) is 1.25. The van der Waals surface area contributed by atoms with Gasteiger partial charge in [-0.15, -0.1) is 0 Å². The second kappa shape index (κ2) is 5.21. The van der Waals surface area contributed by atoms with Crippen LogP contribution in [0.15, 0.2) is 24.7 Å². The molecule has 5 aromatic rings. The standard InChI is InChI=1S/C17H13F3N8/c1-7-3-4-9-8(5-24-25-9)12(7)28-15-11(14(21)22-6-23-15)10-13(17(18,19)20)27(2)26-16(10)28/h3-6H,1-2H3,(H,24,25)(H2,21,22,23). The van der Waals surface area contributed by atoms with Crippen molar-refractivity contribution in [3.63, 3.8) is 0 Å². The molecule has 0 aliphatic rings. The summed E-state index contributed by atoms with van der Waals surface area (Å²) in [5.41, 5.74) is 7.64. The highest BCUT2D eigenvalue weighted by Gasteiger charge is 2.40. The van der Waals surface area contributed by atoms with Crippen LogP contribution in [0.1, 0.15) is 11.3 Å². The Morgan fingerprint density at radius 3 is 2.64 bits per heavy atom. The van der Waals surface area contributed by atoms with Crippen molar-refractivity contribution in [2.75, 3.05) is 5.73 Å². The van der Waals surface area contributed by atoms with Crippen molar-refractivity contribution < 1.29 is 13.2 Å². The average Bonchev–Trinajstić information content (AvgIpc) is 3.27. The van der Waals surface area contributed by atoms with Crippen molar-refractivity contribution in [2.45, 2.75) is 13.1 Å². The number of aromatic nitrogens is 7. The molecule has 0 aliphatic heterocycles. The lowest BCUT2D eigenvalue weighted by Crippen LogP contribution is -2.12. The van der Waals surface area contributed by atoms with Gasteiger partial charge in [0, 0.05) is 12.4 Å². The molecule has 0 atom stereocenters. The van der Waals surface area contributed by atoms with E-state index >= 15 is 0 Å². The Kier molecular flexibility index (Phi) is 3.08. The maximum absolute atomic E-state index is 13.8. The van der Waals surface area contributed by atoms with Gasteiger partial charge < -0.3 is 5.73 Å². The second-order valence-corrected chi connectivity index (χ2v) is 6.52. The highest BCUT2D eigenvalue weighted by molar-refractivity contribution is 6.13. The maximum atomic E-state index is 13.8. The number of nitrogens with zero attached hydrogens (tertiary/aromatic N) is 6. The molecule has 0 fully saturated rings. The normalized spacial score (nSPS) is 12.6. The van der Waals surface area contributed by atoms with E-state index in [0.717, 1.165) is 21.1 Å². The number of alkyl halides is 3. The summed E-state index contributed by atoms with van der Waals surface area (Å²) >= 11 is 0. The van der Waals surface area contributed by atoms with E-state index in [4.69, 9.17) is 5.73 Å². The number of hydrogen-bond donors (Lipinski definition) is 2. The first kappa shape index (κ1) is 16.5. The lowest BCUT2D eigenvalue weighted by Gasteiger charge is -2.11. The van der Waals surface area contributed by atoms with E-state index in [1.807, 2.05) is 19.1 Å². The van der Waals surface area contributed by atoms with Gasteiger partial charge in [0.2, 0.25) is 0 Å². The number of aromatic amines is 1. The van der Waals surface area contributed by atoms with E-state index in [9.17, 15) is 13.2 Å². The second-order valence-electron chi connectivity index (χ2n) is 6.52. The van der Waals surface area contributed by atoms with Gasteiger partial charge in [-0.3, -0.25) is 14.3 Å². The number of H-pyrrole nitrogens is 1. The molecule has 0 bridgehead atoms. The molecule has 3 N–H and O–H groups in total. The van der Waals surface area contributed by atoms with Crippen LogP contribution in [0.5, 0.6) is 0 Å². The number of fused-ring (bicyclic) bond motifs is 4. The van der Waals surface area contributed by atoms with Crippen LogP contribution in [0.3, 0.4) is 0 Å². The molecular weight excluding hydrogens is 373 g/mol. The van der Waals surface area contributed by atoms with Crippen molar-refractivity contribution in [3.8, 4) is 5.69 Å². The van der Waals surface area contributed by atoms with E-state index in [1.54, 1.807) is 10.8 Å². The molecule has 0 spiro atoms. The SMILES string of the molecule is Cc1ccc2[nH]ncc2c1-n1c2ncnc(N)c2c2c(C(F)(F)F)n(C)nc21. The number of anilines is 1. The highest BCUT2D eigenvalue weighted by Crippen LogP contribution is 2.42. The molecule has 0 saturated heterocycles. The Morgan fingerprint density at radius 2 is 1.89 bits per heavy atom. The van der Waals surface area contributed by atoms with Crippen LogP contribution in [0, 0.1) is 6.92 Å². The van der Waals surface area contributed by atoms with E-state index in [2.05, 4.69) is 25.3 Å². The first-order valence-electron chi connectivity index (χ1n) is 8.27. The number of hydrogen-bond acceptors (Lipinski definition) is 5. The number of nitrogens with two attached hydrogens (primary N) is 1. The minimum atomic E-state index is -4.62. The zero-order chi connectivity index (χ0) is 19.8. The Labute approximate surface area is 154 Å². The predicted octanol–water partition coefficient (Wildman–Crippen LogP) is 3.09. The molecule has 0 aliphatic carbocycles. The number of nitrogens with one attached hydrogen (secondary N) is 1. The summed E-state index contributed by atoms with van der Waals surface area (Å²) in [6.07, 6.45) is -1.78. The lowest BCUT2D eigenvalue weighted by atomic mass is 10.1. The van der Waals surface area contributed by atoms with Gasteiger partial charge in [0.25, 0.3) is 0 Å². The maximum Gasteiger partial charge on any atom is 0.433 e. The lowest BCUT2D eigenvalue weighted by molar-refractivity contribution is -0.142. The van der Waals surface area contributed by atoms with Crippen LogP contribution in [0.25, 0.3) is 38.7 Å². The highest BCUT2D eigenvalue weighted by atomic mass is 19.4. The van der Waals surface area contributed by atoms with Crippen molar-refractivity contribution in [1.29, 1.82) is 0 Å². The summed E-state index contributed by atoms with van der Waals surface area (Å²) in [5, 5.41) is 11.8. The molecular formula is C17H13F3N8. The van der Waals surface area contributed by atoms with E-state index < -0.39 is 11.9 Å². The molecule has 4 aromatic heterocycles. The van der Waals surface area contributed by atoms with Crippen LogP contribution in [0.2, 0.25) is 0 Å². The Balaban J connectivity index is 2.07. The Morgan fingerprint density at radius 1 is 1.11 bits per heavy atom. The molecule has 0 saturated carbocycles. The number of halogens is 3. The van der Waals surface area contributed by atoms with Crippen LogP contribution in [-0.2, 0) is 13.2 Å². The third kappa shape index (κ3) is 2.01. The predicted molar refractivity (Wildman–Crippen MR) is 96.9 cm³/mol. The zero-order valence-electron chi connectivity index (χ0n) is 14.7. The quantitative estimate of drug-likeness (QED) is 0.461. The van der Waals surface area contributed by atoms with Gasteiger partial charge >= 0.3 is 6.18 Å². The van der Waals surface area contributed by atoms with E-state index in [-0.39, 0.29) is 27.9 Å². The monoisotopic (exact) mass is 386 g/mol. The minimum Gasteiger partial charge on any atom is -0.383 e. The Bertz CT molecular complexity index is 1390. The van der Waals surface area contributed by atoms with Gasteiger partial charge in [0.15, 0.2) is 17.0 Å². The van der Waals surface area contributed by atoms with Gasteiger partial charge in [0.05, 0.1) is 28.2 Å². The smallest absolute Gasteiger partial charge is 0.383 e. The molecule has 8 nitrogen and oxygen atoms in total. The van der Waals surface area contributed by atoms with Crippen LogP contribution in [0.4, 0.5) is 19.0 Å². The molecule has 5 rings (SSSR count). The van der Waals surface area contributed by atoms with Crippen molar-refractivity contribution in [1.82, 2.24) is 34.5 Å². The average molecular weight is 386 g/mol. The first-order chi connectivity index (χ1) is 13.3. The van der Waals surface area contributed by atoms with E-state index in [1.165, 1.54) is 13.4 Å². The van der Waals surface area contributed by atoms with Crippen molar-refractivity contribution in [3.05, 3.63) is 35.9 Å². The van der Waals surface area contributed by atoms with Gasteiger partial charge in [-0.1, -0.05) is 6.07 Å². The van der Waals surface area contributed by atoms with Gasteiger partial charge in [-0.05, 0) is 18.6 Å². The minimum absolute atomic E-state index is 0.0377. The summed E-state index contributed by atoms with van der Waals surface area (Å²) in [4.78, 5) is 8.14. The molecule has 0 unspecified atom stereocenters. The third-order valence-corrected chi connectivity index (χ3v) is 4.85. The molecule has 0 radical (unpaired) electrons. The first-order valence-corrected chi connectivity index (χ1v) is 8.27. The molecule has 4 heterocycles. The summed E-state index contributed by atoms with van der Waals surface area (Å²) < 4.78 is 43.8. The largest absolute Gasteiger partial charge is 0.433 e. The fourth-order valence-corrected chi connectivity index (χ4v) is 3.74. The molecule has 28 heavy (non-hydrogen) atoms. The van der Waals surface area contributed by atoms with Crippen LogP contribution < -0.4 is 5.73 Å². The number of benzene rings is 1.